The first-order valence-corrected chi connectivity index (χ1v) is 5.81. The molecule has 0 spiro atoms. The first-order valence-electron chi connectivity index (χ1n) is 4.26. The molecule has 15 heavy (non-hydrogen) atoms. The zero-order valence-corrected chi connectivity index (χ0v) is 8.84. The highest BCUT2D eigenvalue weighted by Crippen LogP contribution is 2.17. The number of benzene rings is 1. The van der Waals surface area contributed by atoms with Crippen molar-refractivity contribution in [2.45, 2.75) is 4.90 Å². The third-order valence-corrected chi connectivity index (χ3v) is 3.09. The summed E-state index contributed by atoms with van der Waals surface area (Å²) in [4.78, 5) is 0.144. The van der Waals surface area contributed by atoms with E-state index in [0.29, 0.717) is 5.75 Å². The van der Waals surface area contributed by atoms with Crippen LogP contribution in [0, 0.1) is 0 Å². The number of ether oxygens (including phenoxy) is 1. The third kappa shape index (κ3) is 3.06. The molecule has 0 bridgehead atoms. The lowest BCUT2D eigenvalue weighted by Gasteiger charge is -2.04. The van der Waals surface area contributed by atoms with E-state index < -0.39 is 16.5 Å². The smallest absolute Gasteiger partial charge is 0.199 e. The van der Waals surface area contributed by atoms with E-state index in [1.807, 2.05) is 0 Å². The van der Waals surface area contributed by atoms with Crippen LogP contribution in [0.2, 0.25) is 0 Å². The summed E-state index contributed by atoms with van der Waals surface area (Å²) in [5.74, 6) is 0.440. The second-order valence-corrected chi connectivity index (χ2v) is 4.62. The molecule has 0 atom stereocenters. The minimum Gasteiger partial charge on any atom is -0.491 e. The zero-order valence-electron chi connectivity index (χ0n) is 8.02. The third-order valence-electron chi connectivity index (χ3n) is 1.72. The van der Waals surface area contributed by atoms with Gasteiger partial charge in [-0.25, -0.2) is 12.8 Å². The second kappa shape index (κ2) is 4.93. The number of halogens is 1. The van der Waals surface area contributed by atoms with E-state index in [0.717, 1.165) is 5.41 Å². The van der Waals surface area contributed by atoms with Gasteiger partial charge in [-0.2, -0.15) is 0 Å². The minimum absolute atomic E-state index is 0.0342. The summed E-state index contributed by atoms with van der Waals surface area (Å²) >= 11 is 0. The SMILES string of the molecule is C=CS(=O)(=O)c1ccc(OCCF)cc1. The van der Waals surface area contributed by atoms with Crippen molar-refractivity contribution in [2.24, 2.45) is 0 Å². The molecule has 0 aliphatic carbocycles. The van der Waals surface area contributed by atoms with Crippen molar-refractivity contribution < 1.29 is 17.5 Å². The fourth-order valence-corrected chi connectivity index (χ4v) is 1.69. The molecule has 0 saturated heterocycles. The maximum absolute atomic E-state index is 11.8. The maximum Gasteiger partial charge on any atom is 0.199 e. The Bertz CT molecular complexity index is 422. The molecule has 0 saturated carbocycles. The standard InChI is InChI=1S/C10H11FO3S/c1-2-15(12,13)10-5-3-9(4-6-10)14-8-7-11/h2-6H,1,7-8H2. The van der Waals surface area contributed by atoms with Gasteiger partial charge in [0.2, 0.25) is 0 Å². The van der Waals surface area contributed by atoms with Crippen LogP contribution in [0.5, 0.6) is 5.75 Å². The molecule has 0 unspecified atom stereocenters. The van der Waals surface area contributed by atoms with Crippen LogP contribution >= 0.6 is 0 Å². The van der Waals surface area contributed by atoms with Gasteiger partial charge in [-0.3, -0.25) is 0 Å². The molecule has 0 fully saturated rings. The van der Waals surface area contributed by atoms with Crippen molar-refractivity contribution in [1.82, 2.24) is 0 Å². The maximum atomic E-state index is 11.8. The largest absolute Gasteiger partial charge is 0.491 e. The fraction of sp³-hybridized carbons (Fsp3) is 0.200. The first kappa shape index (κ1) is 11.7. The lowest BCUT2D eigenvalue weighted by atomic mass is 10.3. The van der Waals surface area contributed by atoms with E-state index >= 15 is 0 Å². The lowest BCUT2D eigenvalue weighted by Crippen LogP contribution is -1.99. The van der Waals surface area contributed by atoms with Gasteiger partial charge in [0, 0.05) is 5.41 Å². The van der Waals surface area contributed by atoms with Gasteiger partial charge in [0.05, 0.1) is 4.90 Å². The Kier molecular flexibility index (Phi) is 3.85. The fourth-order valence-electron chi connectivity index (χ4n) is 0.978. The zero-order chi connectivity index (χ0) is 11.3. The molecule has 1 aromatic carbocycles. The van der Waals surface area contributed by atoms with Crippen LogP contribution in [0.1, 0.15) is 0 Å². The Balaban J connectivity index is 2.86. The van der Waals surface area contributed by atoms with Crippen LogP contribution in [-0.2, 0) is 9.84 Å². The van der Waals surface area contributed by atoms with Crippen LogP contribution in [0.25, 0.3) is 0 Å². The summed E-state index contributed by atoms with van der Waals surface area (Å²) in [5.41, 5.74) is 0. The summed E-state index contributed by atoms with van der Waals surface area (Å²) in [5, 5.41) is 0.879. The Labute approximate surface area is 88.1 Å². The van der Waals surface area contributed by atoms with Gasteiger partial charge in [-0.1, -0.05) is 6.58 Å². The highest BCUT2D eigenvalue weighted by Gasteiger charge is 2.08. The molecule has 0 aliphatic heterocycles. The number of sulfone groups is 1. The molecule has 0 aromatic heterocycles. The summed E-state index contributed by atoms with van der Waals surface area (Å²) in [7, 11) is -3.40. The van der Waals surface area contributed by atoms with E-state index in [2.05, 4.69) is 6.58 Å². The van der Waals surface area contributed by atoms with Gasteiger partial charge in [0.1, 0.15) is 19.0 Å². The molecule has 82 valence electrons. The van der Waals surface area contributed by atoms with E-state index in [-0.39, 0.29) is 11.5 Å². The molecule has 1 aromatic rings. The lowest BCUT2D eigenvalue weighted by molar-refractivity contribution is 0.273. The summed E-state index contributed by atoms with van der Waals surface area (Å²) in [6, 6.07) is 5.74. The highest BCUT2D eigenvalue weighted by atomic mass is 32.2. The van der Waals surface area contributed by atoms with E-state index in [9.17, 15) is 12.8 Å². The van der Waals surface area contributed by atoms with Gasteiger partial charge >= 0.3 is 0 Å². The number of rotatable bonds is 5. The van der Waals surface area contributed by atoms with E-state index in [1.165, 1.54) is 24.3 Å². The summed E-state index contributed by atoms with van der Waals surface area (Å²) in [6.07, 6.45) is 0. The second-order valence-electron chi connectivity index (χ2n) is 2.72. The first-order chi connectivity index (χ1) is 7.10. The molecule has 0 radical (unpaired) electrons. The predicted molar refractivity (Wildman–Crippen MR) is 55.3 cm³/mol. The van der Waals surface area contributed by atoms with Gasteiger partial charge in [0.25, 0.3) is 0 Å². The number of alkyl halides is 1. The van der Waals surface area contributed by atoms with Crippen molar-refractivity contribution in [2.75, 3.05) is 13.3 Å². The molecule has 0 heterocycles. The average molecular weight is 230 g/mol. The van der Waals surface area contributed by atoms with Crippen LogP contribution in [0.15, 0.2) is 41.1 Å². The van der Waals surface area contributed by atoms with Crippen molar-refractivity contribution >= 4 is 9.84 Å². The van der Waals surface area contributed by atoms with Gasteiger partial charge in [-0.15, -0.1) is 0 Å². The summed E-state index contributed by atoms with van der Waals surface area (Å²) in [6.45, 7) is 2.60. The van der Waals surface area contributed by atoms with Crippen LogP contribution in [0.3, 0.4) is 0 Å². The molecular weight excluding hydrogens is 219 g/mol. The van der Waals surface area contributed by atoms with Crippen LogP contribution in [0.4, 0.5) is 4.39 Å². The topological polar surface area (TPSA) is 43.4 Å². The van der Waals surface area contributed by atoms with Crippen molar-refractivity contribution in [3.63, 3.8) is 0 Å². The molecule has 0 aliphatic rings. The normalized spacial score (nSPS) is 11.0. The molecule has 1 rings (SSSR count). The number of hydrogen-bond donors (Lipinski definition) is 0. The molecule has 5 heteroatoms. The molecule has 0 N–H and O–H groups in total. The quantitative estimate of drug-likeness (QED) is 0.776. The number of hydrogen-bond acceptors (Lipinski definition) is 3. The van der Waals surface area contributed by atoms with Crippen molar-refractivity contribution in [3.8, 4) is 5.75 Å². The molecular formula is C10H11FO3S. The van der Waals surface area contributed by atoms with E-state index in [1.54, 1.807) is 0 Å². The summed E-state index contributed by atoms with van der Waals surface area (Å²) < 4.78 is 39.3. The van der Waals surface area contributed by atoms with Crippen molar-refractivity contribution in [3.05, 3.63) is 36.3 Å². The molecule has 3 nitrogen and oxygen atoms in total. The highest BCUT2D eigenvalue weighted by molar-refractivity contribution is 7.94. The minimum atomic E-state index is -3.40. The Hall–Kier alpha value is -1.36. The Morgan fingerprint density at radius 3 is 2.40 bits per heavy atom. The van der Waals surface area contributed by atoms with Crippen molar-refractivity contribution in [1.29, 1.82) is 0 Å². The Morgan fingerprint density at radius 2 is 1.93 bits per heavy atom. The van der Waals surface area contributed by atoms with Gasteiger partial charge in [-0.05, 0) is 24.3 Å². The molecule has 0 amide bonds. The van der Waals surface area contributed by atoms with Gasteiger partial charge in [0.15, 0.2) is 9.84 Å². The monoisotopic (exact) mass is 230 g/mol. The predicted octanol–water partition coefficient (Wildman–Crippen LogP) is 1.95. The van der Waals surface area contributed by atoms with Crippen LogP contribution < -0.4 is 4.74 Å². The van der Waals surface area contributed by atoms with Crippen LogP contribution in [-0.4, -0.2) is 21.7 Å². The Morgan fingerprint density at radius 1 is 1.33 bits per heavy atom. The van der Waals surface area contributed by atoms with Gasteiger partial charge < -0.3 is 4.74 Å². The average Bonchev–Trinajstić information content (AvgIpc) is 2.27. The van der Waals surface area contributed by atoms with E-state index in [4.69, 9.17) is 4.74 Å².